The standard InChI is InChI=1S/C30H27FN4O5S2/c1-3-4-15-40-22-10-7-20(16-23(22)39-2)25-24(26(36)19-11-13-32-14-12-19)27(37)28(38)35(25)29-33-34-30(42-29)41-17-18-5-8-21(31)9-6-18/h5-14,16,25,36H,3-4,15,17H2,1-2H3/b26-24+. The molecule has 4 aromatic rings. The number of hydrogen-bond donors (Lipinski definition) is 1. The van der Waals surface area contributed by atoms with Gasteiger partial charge in [0, 0.05) is 23.7 Å². The summed E-state index contributed by atoms with van der Waals surface area (Å²) in [6, 6.07) is 13.4. The average molecular weight is 607 g/mol. The van der Waals surface area contributed by atoms with E-state index < -0.39 is 17.7 Å². The summed E-state index contributed by atoms with van der Waals surface area (Å²) in [5.41, 5.74) is 1.65. The number of thioether (sulfide) groups is 1. The lowest BCUT2D eigenvalue weighted by Crippen LogP contribution is -2.29. The van der Waals surface area contributed by atoms with E-state index in [1.165, 1.54) is 48.3 Å². The molecule has 12 heteroatoms. The molecule has 9 nitrogen and oxygen atoms in total. The fraction of sp³-hybridized carbons (Fsp3) is 0.233. The first-order valence-electron chi connectivity index (χ1n) is 13.1. The Bertz CT molecular complexity index is 1610. The van der Waals surface area contributed by atoms with E-state index in [1.807, 2.05) is 0 Å². The zero-order valence-electron chi connectivity index (χ0n) is 22.8. The van der Waals surface area contributed by atoms with Crippen molar-refractivity contribution in [3.05, 3.63) is 95.1 Å². The van der Waals surface area contributed by atoms with E-state index in [0.717, 1.165) is 29.7 Å². The Morgan fingerprint density at radius 3 is 2.55 bits per heavy atom. The van der Waals surface area contributed by atoms with Crippen molar-refractivity contribution in [1.82, 2.24) is 15.2 Å². The van der Waals surface area contributed by atoms with Crippen LogP contribution < -0.4 is 14.4 Å². The molecule has 1 N–H and O–H groups in total. The number of aliphatic hydroxyl groups is 1. The van der Waals surface area contributed by atoms with Crippen LogP contribution in [0.4, 0.5) is 9.52 Å². The van der Waals surface area contributed by atoms with Gasteiger partial charge in [-0.1, -0.05) is 54.6 Å². The molecule has 0 aliphatic carbocycles. The first kappa shape index (κ1) is 29.2. The Kier molecular flexibility index (Phi) is 9.13. The molecule has 5 rings (SSSR count). The number of methoxy groups -OCH3 is 1. The molecule has 2 aromatic carbocycles. The number of pyridine rings is 1. The highest BCUT2D eigenvalue weighted by Crippen LogP contribution is 2.45. The number of aliphatic hydroxyl groups excluding tert-OH is 1. The number of rotatable bonds is 11. The molecule has 1 aliphatic heterocycles. The first-order chi connectivity index (χ1) is 20.4. The van der Waals surface area contributed by atoms with Crippen molar-refractivity contribution in [2.45, 2.75) is 35.9 Å². The van der Waals surface area contributed by atoms with E-state index in [9.17, 15) is 19.1 Å². The van der Waals surface area contributed by atoms with Crippen molar-refractivity contribution in [3.8, 4) is 11.5 Å². The fourth-order valence-corrected chi connectivity index (χ4v) is 6.22. The highest BCUT2D eigenvalue weighted by molar-refractivity contribution is 8.00. The molecule has 1 fully saturated rings. The number of ketones is 1. The number of aromatic nitrogens is 3. The van der Waals surface area contributed by atoms with E-state index in [2.05, 4.69) is 22.1 Å². The molecule has 0 saturated carbocycles. The normalized spacial score (nSPS) is 16.2. The number of halogens is 1. The molecule has 1 saturated heterocycles. The Labute approximate surface area is 250 Å². The highest BCUT2D eigenvalue weighted by Gasteiger charge is 2.48. The van der Waals surface area contributed by atoms with Gasteiger partial charge in [0.15, 0.2) is 15.8 Å². The lowest BCUT2D eigenvalue weighted by Gasteiger charge is -2.23. The van der Waals surface area contributed by atoms with Crippen molar-refractivity contribution in [1.29, 1.82) is 0 Å². The quantitative estimate of drug-likeness (QED) is 0.0534. The van der Waals surface area contributed by atoms with Gasteiger partial charge >= 0.3 is 5.91 Å². The van der Waals surface area contributed by atoms with Crippen LogP contribution in [0.2, 0.25) is 0 Å². The minimum absolute atomic E-state index is 0.0939. The van der Waals surface area contributed by atoms with Crippen molar-refractivity contribution >= 4 is 45.7 Å². The van der Waals surface area contributed by atoms with Crippen LogP contribution in [0.5, 0.6) is 11.5 Å². The number of carbonyl (C=O) groups excluding carboxylic acids is 2. The predicted molar refractivity (Wildman–Crippen MR) is 158 cm³/mol. The average Bonchev–Trinajstić information content (AvgIpc) is 3.59. The van der Waals surface area contributed by atoms with Gasteiger partial charge in [0.2, 0.25) is 5.13 Å². The smallest absolute Gasteiger partial charge is 0.301 e. The fourth-order valence-electron chi connectivity index (χ4n) is 4.39. The van der Waals surface area contributed by atoms with Crippen LogP contribution >= 0.6 is 23.1 Å². The third kappa shape index (κ3) is 6.14. The van der Waals surface area contributed by atoms with E-state index in [1.54, 1.807) is 42.5 Å². The number of Topliss-reactive ketones (excluding diaryl/α,β-unsaturated/α-hetero) is 1. The summed E-state index contributed by atoms with van der Waals surface area (Å²) in [6.45, 7) is 2.57. The summed E-state index contributed by atoms with van der Waals surface area (Å²) in [5, 5.41) is 19.9. The number of ether oxygens (including phenoxy) is 2. The van der Waals surface area contributed by atoms with Gasteiger partial charge in [-0.2, -0.15) is 0 Å². The molecule has 1 amide bonds. The second kappa shape index (κ2) is 13.1. The van der Waals surface area contributed by atoms with Crippen molar-refractivity contribution in [2.75, 3.05) is 18.6 Å². The first-order valence-corrected chi connectivity index (χ1v) is 14.9. The van der Waals surface area contributed by atoms with Crippen LogP contribution in [0.1, 0.15) is 42.5 Å². The Balaban J connectivity index is 1.54. The Hall–Kier alpha value is -4.29. The molecule has 0 radical (unpaired) electrons. The minimum atomic E-state index is -1.01. The minimum Gasteiger partial charge on any atom is -0.507 e. The lowest BCUT2D eigenvalue weighted by atomic mass is 9.95. The highest BCUT2D eigenvalue weighted by atomic mass is 32.2. The molecule has 2 aromatic heterocycles. The van der Waals surface area contributed by atoms with Crippen molar-refractivity contribution < 1.29 is 28.6 Å². The molecular weight excluding hydrogens is 579 g/mol. The molecule has 1 aliphatic rings. The SMILES string of the molecule is CCCCOc1ccc(C2/C(=C(\O)c3ccncc3)C(=O)C(=O)N2c2nnc(SCc3ccc(F)cc3)s2)cc1OC. The van der Waals surface area contributed by atoms with Crippen LogP contribution in [0.25, 0.3) is 5.76 Å². The zero-order valence-corrected chi connectivity index (χ0v) is 24.5. The number of benzene rings is 2. The number of amides is 1. The van der Waals surface area contributed by atoms with E-state index in [4.69, 9.17) is 9.47 Å². The number of hydrogen-bond acceptors (Lipinski definition) is 10. The number of carbonyl (C=O) groups is 2. The van der Waals surface area contributed by atoms with Gasteiger partial charge in [-0.15, -0.1) is 10.2 Å². The zero-order chi connectivity index (χ0) is 29.6. The maximum atomic E-state index is 13.5. The maximum Gasteiger partial charge on any atom is 0.301 e. The Morgan fingerprint density at radius 1 is 1.07 bits per heavy atom. The molecule has 1 atom stereocenters. The van der Waals surface area contributed by atoms with Gasteiger partial charge < -0.3 is 14.6 Å². The summed E-state index contributed by atoms with van der Waals surface area (Å²) in [6.07, 6.45) is 4.81. The summed E-state index contributed by atoms with van der Waals surface area (Å²) >= 11 is 2.52. The van der Waals surface area contributed by atoms with Gasteiger partial charge in [-0.05, 0) is 53.9 Å². The monoisotopic (exact) mass is 606 g/mol. The van der Waals surface area contributed by atoms with Gasteiger partial charge in [0.25, 0.3) is 5.78 Å². The molecule has 0 spiro atoms. The number of nitrogens with zero attached hydrogens (tertiary/aromatic N) is 4. The van der Waals surface area contributed by atoms with E-state index in [-0.39, 0.29) is 22.3 Å². The predicted octanol–water partition coefficient (Wildman–Crippen LogP) is 6.18. The van der Waals surface area contributed by atoms with Crippen LogP contribution in [-0.2, 0) is 15.3 Å². The van der Waals surface area contributed by atoms with Gasteiger partial charge in [-0.25, -0.2) is 4.39 Å². The van der Waals surface area contributed by atoms with Crippen molar-refractivity contribution in [3.63, 3.8) is 0 Å². The lowest BCUT2D eigenvalue weighted by molar-refractivity contribution is -0.132. The summed E-state index contributed by atoms with van der Waals surface area (Å²) in [7, 11) is 1.51. The van der Waals surface area contributed by atoms with Crippen LogP contribution in [-0.4, -0.2) is 45.7 Å². The third-order valence-electron chi connectivity index (χ3n) is 6.53. The topological polar surface area (TPSA) is 115 Å². The molecule has 3 heterocycles. The van der Waals surface area contributed by atoms with Crippen LogP contribution in [0, 0.1) is 5.82 Å². The van der Waals surface area contributed by atoms with Crippen LogP contribution in [0.3, 0.4) is 0 Å². The van der Waals surface area contributed by atoms with Crippen molar-refractivity contribution in [2.24, 2.45) is 0 Å². The van der Waals surface area contributed by atoms with Gasteiger partial charge in [0.1, 0.15) is 11.6 Å². The molecule has 1 unspecified atom stereocenters. The number of anilines is 1. The molecule has 216 valence electrons. The summed E-state index contributed by atoms with van der Waals surface area (Å²) in [5.74, 6) is -0.892. The summed E-state index contributed by atoms with van der Waals surface area (Å²) in [4.78, 5) is 32.2. The van der Waals surface area contributed by atoms with Crippen LogP contribution in [0.15, 0.2) is 76.9 Å². The molecule has 0 bridgehead atoms. The second-order valence-electron chi connectivity index (χ2n) is 9.28. The molecular formula is C30H27FN4O5S2. The van der Waals surface area contributed by atoms with E-state index >= 15 is 0 Å². The third-order valence-corrected chi connectivity index (χ3v) is 8.66. The van der Waals surface area contributed by atoms with E-state index in [0.29, 0.717) is 39.3 Å². The second-order valence-corrected chi connectivity index (χ2v) is 11.5. The van der Waals surface area contributed by atoms with Gasteiger partial charge in [-0.3, -0.25) is 19.5 Å². The Morgan fingerprint density at radius 2 is 1.83 bits per heavy atom. The number of unbranched alkanes of at least 4 members (excludes halogenated alkanes) is 1. The molecule has 42 heavy (non-hydrogen) atoms. The largest absolute Gasteiger partial charge is 0.507 e. The van der Waals surface area contributed by atoms with Gasteiger partial charge in [0.05, 0.1) is 25.3 Å². The summed E-state index contributed by atoms with van der Waals surface area (Å²) < 4.78 is 25.3. The maximum absolute atomic E-state index is 13.5.